The van der Waals surface area contributed by atoms with E-state index in [1.807, 2.05) is 0 Å². The van der Waals surface area contributed by atoms with Gasteiger partial charge in [-0.05, 0) is 6.54 Å². The largest absolute Gasteiger partial charge is 0.378 e. The fourth-order valence-electron chi connectivity index (χ4n) is 1.81. The maximum absolute atomic E-state index is 11.1. The fraction of sp³-hybridized carbons (Fsp3) is 0.812. The molecule has 25 heavy (non-hydrogen) atoms. The van der Waals surface area contributed by atoms with Crippen LogP contribution in [0.3, 0.4) is 0 Å². The number of ketones is 1. The number of hydrogen-bond acceptors (Lipinski definition) is 8. The quantitative estimate of drug-likeness (QED) is 0.311. The minimum Gasteiger partial charge on any atom is -0.378 e. The van der Waals surface area contributed by atoms with Crippen LogP contribution in [0, 0.1) is 0 Å². The van der Waals surface area contributed by atoms with Gasteiger partial charge in [-0.3, -0.25) is 4.79 Å². The van der Waals surface area contributed by atoms with E-state index in [9.17, 15) is 4.79 Å². The molecule has 1 heterocycles. The summed E-state index contributed by atoms with van der Waals surface area (Å²) in [6.45, 7) is 10.4. The van der Waals surface area contributed by atoms with E-state index >= 15 is 0 Å². The highest BCUT2D eigenvalue weighted by Gasteiger charge is 2.04. The lowest BCUT2D eigenvalue weighted by Gasteiger charge is -2.07. The van der Waals surface area contributed by atoms with Crippen LogP contribution in [-0.4, -0.2) is 86.7 Å². The number of aromatic nitrogens is 3. The average Bonchev–Trinajstić information content (AvgIpc) is 3.07. The zero-order valence-corrected chi connectivity index (χ0v) is 15.2. The molecule has 144 valence electrons. The van der Waals surface area contributed by atoms with Gasteiger partial charge in [0.25, 0.3) is 0 Å². The zero-order chi connectivity index (χ0) is 18.2. The standard InChI is InChI=1S/C16H30N4O5/c1-3-17-4-6-22-8-10-24-12-13-25-11-9-23-7-5-20-14-16(15(2)21)18-19-20/h14,17H,3-13H2,1-2H3. The number of hydrogen-bond donors (Lipinski definition) is 1. The Morgan fingerprint density at radius 3 is 2.08 bits per heavy atom. The van der Waals surface area contributed by atoms with Crippen LogP contribution in [0.1, 0.15) is 24.3 Å². The molecule has 0 spiro atoms. The number of carbonyl (C=O) groups is 1. The van der Waals surface area contributed by atoms with Crippen LogP contribution in [-0.2, 0) is 25.5 Å². The summed E-state index contributed by atoms with van der Waals surface area (Å²) in [6, 6.07) is 0. The first-order valence-corrected chi connectivity index (χ1v) is 8.66. The van der Waals surface area contributed by atoms with Crippen molar-refractivity contribution in [2.45, 2.75) is 20.4 Å². The molecule has 0 amide bonds. The Kier molecular flexibility index (Phi) is 12.9. The highest BCUT2D eigenvalue weighted by atomic mass is 16.6. The number of carbonyl (C=O) groups excluding carboxylic acids is 1. The number of likely N-dealkylation sites (N-methyl/N-ethyl adjacent to an activating group) is 1. The minimum absolute atomic E-state index is 0.0946. The van der Waals surface area contributed by atoms with Gasteiger partial charge in [-0.2, -0.15) is 0 Å². The van der Waals surface area contributed by atoms with E-state index in [-0.39, 0.29) is 5.78 Å². The molecule has 0 aliphatic heterocycles. The fourth-order valence-corrected chi connectivity index (χ4v) is 1.81. The summed E-state index contributed by atoms with van der Waals surface area (Å²) < 4.78 is 23.2. The summed E-state index contributed by atoms with van der Waals surface area (Å²) in [5.74, 6) is -0.0946. The van der Waals surface area contributed by atoms with E-state index in [1.54, 1.807) is 10.9 Å². The third-order valence-corrected chi connectivity index (χ3v) is 3.15. The van der Waals surface area contributed by atoms with Gasteiger partial charge in [0.05, 0.1) is 65.6 Å². The third-order valence-electron chi connectivity index (χ3n) is 3.15. The molecule has 0 bridgehead atoms. The van der Waals surface area contributed by atoms with Gasteiger partial charge in [0.15, 0.2) is 5.78 Å². The van der Waals surface area contributed by atoms with Crippen LogP contribution in [0.5, 0.6) is 0 Å². The first-order valence-electron chi connectivity index (χ1n) is 8.66. The van der Waals surface area contributed by atoms with Gasteiger partial charge in [-0.25, -0.2) is 4.68 Å². The van der Waals surface area contributed by atoms with E-state index in [1.165, 1.54) is 6.92 Å². The molecular weight excluding hydrogens is 328 g/mol. The molecule has 0 aliphatic carbocycles. The predicted molar refractivity (Wildman–Crippen MR) is 91.8 cm³/mol. The predicted octanol–water partition coefficient (Wildman–Crippen LogP) is 0.157. The smallest absolute Gasteiger partial charge is 0.181 e. The highest BCUT2D eigenvalue weighted by Crippen LogP contribution is 1.94. The van der Waals surface area contributed by atoms with Crippen molar-refractivity contribution in [1.29, 1.82) is 0 Å². The van der Waals surface area contributed by atoms with Crippen molar-refractivity contribution in [3.05, 3.63) is 11.9 Å². The minimum atomic E-state index is -0.0946. The second kappa shape index (κ2) is 14.9. The maximum Gasteiger partial charge on any atom is 0.181 e. The van der Waals surface area contributed by atoms with Gasteiger partial charge >= 0.3 is 0 Å². The normalized spacial score (nSPS) is 11.1. The van der Waals surface area contributed by atoms with Crippen molar-refractivity contribution in [1.82, 2.24) is 20.3 Å². The Labute approximate surface area is 149 Å². The zero-order valence-electron chi connectivity index (χ0n) is 15.2. The molecule has 0 aromatic carbocycles. The van der Waals surface area contributed by atoms with Gasteiger partial charge in [0, 0.05) is 13.5 Å². The maximum atomic E-state index is 11.1. The molecule has 0 radical (unpaired) electrons. The summed E-state index contributed by atoms with van der Waals surface area (Å²) >= 11 is 0. The van der Waals surface area contributed by atoms with Crippen LogP contribution in [0.2, 0.25) is 0 Å². The Morgan fingerprint density at radius 1 is 1.00 bits per heavy atom. The summed E-state index contributed by atoms with van der Waals surface area (Å²) in [7, 11) is 0. The molecule has 0 unspecified atom stereocenters. The van der Waals surface area contributed by atoms with Crippen LogP contribution < -0.4 is 5.32 Å². The monoisotopic (exact) mass is 358 g/mol. The van der Waals surface area contributed by atoms with Gasteiger partial charge in [0.2, 0.25) is 0 Å². The van der Waals surface area contributed by atoms with E-state index in [4.69, 9.17) is 18.9 Å². The summed E-state index contributed by atoms with van der Waals surface area (Å²) in [6.07, 6.45) is 1.61. The van der Waals surface area contributed by atoms with E-state index in [2.05, 4.69) is 22.6 Å². The molecule has 0 atom stereocenters. The van der Waals surface area contributed by atoms with Crippen molar-refractivity contribution in [3.63, 3.8) is 0 Å². The number of nitrogens with zero attached hydrogens (tertiary/aromatic N) is 3. The first-order chi connectivity index (χ1) is 12.2. The molecule has 9 nitrogen and oxygen atoms in total. The van der Waals surface area contributed by atoms with E-state index in [0.29, 0.717) is 65.1 Å². The second-order valence-electron chi connectivity index (χ2n) is 5.23. The lowest BCUT2D eigenvalue weighted by Crippen LogP contribution is -2.20. The molecule has 1 N–H and O–H groups in total. The summed E-state index contributed by atoms with van der Waals surface area (Å²) in [5, 5.41) is 10.8. The molecule has 1 aromatic heterocycles. The molecule has 0 fully saturated rings. The summed E-state index contributed by atoms with van der Waals surface area (Å²) in [4.78, 5) is 11.1. The molecule has 9 heteroatoms. The Bertz CT molecular complexity index is 455. The van der Waals surface area contributed by atoms with Crippen LogP contribution in [0.4, 0.5) is 0 Å². The van der Waals surface area contributed by atoms with Crippen molar-refractivity contribution in [2.75, 3.05) is 65.9 Å². The molecule has 0 aliphatic rings. The third kappa shape index (κ3) is 11.7. The molecular formula is C16H30N4O5. The topological polar surface area (TPSA) is 96.7 Å². The second-order valence-corrected chi connectivity index (χ2v) is 5.23. The van der Waals surface area contributed by atoms with Crippen molar-refractivity contribution in [2.24, 2.45) is 0 Å². The number of ether oxygens (including phenoxy) is 4. The SMILES string of the molecule is CCNCCOCCOCCOCCOCCn1cc(C(C)=O)nn1. The number of rotatable bonds is 17. The molecule has 0 saturated heterocycles. The van der Waals surface area contributed by atoms with Crippen LogP contribution in [0.25, 0.3) is 0 Å². The molecule has 1 aromatic rings. The van der Waals surface area contributed by atoms with Crippen molar-refractivity contribution in [3.8, 4) is 0 Å². The van der Waals surface area contributed by atoms with E-state index in [0.717, 1.165) is 13.1 Å². The lowest BCUT2D eigenvalue weighted by atomic mass is 10.3. The molecule has 1 rings (SSSR count). The highest BCUT2D eigenvalue weighted by molar-refractivity contribution is 5.91. The molecule has 0 saturated carbocycles. The first kappa shape index (κ1) is 21.7. The lowest BCUT2D eigenvalue weighted by molar-refractivity contribution is -0.00241. The Balaban J connectivity index is 1.79. The van der Waals surface area contributed by atoms with Crippen LogP contribution in [0.15, 0.2) is 6.20 Å². The van der Waals surface area contributed by atoms with Gasteiger partial charge in [0.1, 0.15) is 5.69 Å². The Morgan fingerprint density at radius 2 is 1.56 bits per heavy atom. The van der Waals surface area contributed by atoms with Gasteiger partial charge in [-0.15, -0.1) is 5.10 Å². The van der Waals surface area contributed by atoms with Gasteiger partial charge < -0.3 is 24.3 Å². The number of nitrogens with one attached hydrogen (secondary N) is 1. The van der Waals surface area contributed by atoms with Crippen molar-refractivity contribution < 1.29 is 23.7 Å². The van der Waals surface area contributed by atoms with Crippen LogP contribution >= 0.6 is 0 Å². The summed E-state index contributed by atoms with van der Waals surface area (Å²) in [5.41, 5.74) is 0.367. The Hall–Kier alpha value is -1.39. The van der Waals surface area contributed by atoms with E-state index < -0.39 is 0 Å². The average molecular weight is 358 g/mol. The number of Topliss-reactive ketones (excluding diaryl/α,β-unsaturated/α-hetero) is 1. The van der Waals surface area contributed by atoms with Gasteiger partial charge in [-0.1, -0.05) is 12.1 Å². The van der Waals surface area contributed by atoms with Crippen molar-refractivity contribution >= 4 is 5.78 Å².